The summed E-state index contributed by atoms with van der Waals surface area (Å²) in [5, 5.41) is 10.6. The second-order valence-electron chi connectivity index (χ2n) is 25.9. The van der Waals surface area contributed by atoms with Gasteiger partial charge in [0, 0.05) is 25.7 Å². The third kappa shape index (κ3) is 74.9. The number of allylic oxidation sites excluding steroid dienone is 26. The van der Waals surface area contributed by atoms with Crippen LogP contribution in [-0.4, -0.2) is 96.7 Å². The summed E-state index contributed by atoms with van der Waals surface area (Å²) >= 11 is 0. The number of aliphatic hydroxyl groups is 1. The van der Waals surface area contributed by atoms with Crippen molar-refractivity contribution in [2.45, 2.75) is 316 Å². The van der Waals surface area contributed by atoms with E-state index < -0.39 is 97.5 Å². The van der Waals surface area contributed by atoms with Crippen LogP contribution in [0.4, 0.5) is 0 Å². The van der Waals surface area contributed by atoms with Crippen LogP contribution >= 0.6 is 15.6 Å². The molecule has 0 aromatic carbocycles. The molecule has 5 atom stereocenters. The predicted molar refractivity (Wildman–Crippen MR) is 427 cm³/mol. The SMILES string of the molecule is CC/C=C\C/C=C\C/C=C\C/C=C\C/C=C\C/C=C\CCC(=O)OCC(COP(=O)(O)OCC(O)COP(=O)(O)OCC(COC(=O)CCCCCCCC/C=C\C/C=C\C/C=C\C/C=C\CC)OC(=O)CCCCCCC/C=C\C/C=C\CCC)OC(=O)CCCCCCC/C=C\CCCCCC. The molecule has 0 rings (SSSR count). The quantitative estimate of drug-likeness (QED) is 0.0169. The molecule has 0 aromatic rings. The molecule has 19 heteroatoms. The first-order valence-electron chi connectivity index (χ1n) is 39.7. The molecule has 0 bridgehead atoms. The summed E-state index contributed by atoms with van der Waals surface area (Å²) in [6.45, 7) is 4.43. The van der Waals surface area contributed by atoms with E-state index in [9.17, 15) is 43.2 Å². The largest absolute Gasteiger partial charge is 0.472 e. The maximum Gasteiger partial charge on any atom is 0.472 e. The number of phosphoric acid groups is 2. The minimum absolute atomic E-state index is 0.0303. The molecule has 0 heterocycles. The van der Waals surface area contributed by atoms with Crippen molar-refractivity contribution in [1.82, 2.24) is 0 Å². The standard InChI is InChI=1S/C85H140O17P2/c1-5-9-13-17-21-25-29-33-35-37-39-41-43-47-49-53-57-61-65-69-82(87)95-75-80(101-84(89)71-67-63-59-55-51-45-31-27-23-19-15-11-7-3)77-99-103(91,92)97-73-79(86)74-98-104(93,94)100-78-81(102-85(90)72-68-64-60-56-52-46-32-28-24-20-16-12-8-4)76-96-83(88)70-66-62-58-54-50-48-44-42-40-38-36-34-30-26-22-18-14-10-6-2/h9-10,13-15,19,21-22,25-28,31-36,39-42,48,50,58,62,79-81,86H,5-8,11-12,16-18,20,23-24,29-30,37-38,43-47,49,51-57,59-61,63-78H2,1-4H3,(H,91,92)(H,93,94)/b13-9-,14-10-,19-15-,25-21-,26-22-,31-27-,32-28-,35-33-,36-34-,41-39-,42-40-,50-48-,62-58-. The molecule has 0 radical (unpaired) electrons. The van der Waals surface area contributed by atoms with Gasteiger partial charge in [0.15, 0.2) is 12.2 Å². The monoisotopic (exact) mass is 1490 g/mol. The Balaban J connectivity index is 5.42. The molecule has 5 unspecified atom stereocenters. The normalized spacial score (nSPS) is 14.7. The van der Waals surface area contributed by atoms with Gasteiger partial charge in [-0.25, -0.2) is 9.13 Å². The van der Waals surface area contributed by atoms with Gasteiger partial charge < -0.3 is 33.8 Å². The summed E-state index contributed by atoms with van der Waals surface area (Å²) in [6.07, 6.45) is 88.1. The Morgan fingerprint density at radius 1 is 0.279 bits per heavy atom. The fourth-order valence-electron chi connectivity index (χ4n) is 9.97. The Bertz CT molecular complexity index is 2590. The number of rotatable bonds is 73. The maximum atomic E-state index is 13.1. The van der Waals surface area contributed by atoms with Crippen LogP contribution in [0.2, 0.25) is 0 Å². The highest BCUT2D eigenvalue weighted by Gasteiger charge is 2.30. The van der Waals surface area contributed by atoms with Gasteiger partial charge >= 0.3 is 39.5 Å². The number of ether oxygens (including phenoxy) is 4. The lowest BCUT2D eigenvalue weighted by atomic mass is 10.1. The summed E-state index contributed by atoms with van der Waals surface area (Å²) in [5.74, 6) is -2.32. The molecule has 0 aliphatic heterocycles. The van der Waals surface area contributed by atoms with Crippen molar-refractivity contribution >= 4 is 39.5 Å². The van der Waals surface area contributed by atoms with Crippen molar-refractivity contribution < 1.29 is 80.2 Å². The van der Waals surface area contributed by atoms with Gasteiger partial charge in [-0.1, -0.05) is 276 Å². The second-order valence-corrected chi connectivity index (χ2v) is 28.8. The highest BCUT2D eigenvalue weighted by Crippen LogP contribution is 2.45. The number of hydrogen-bond donors (Lipinski definition) is 3. The number of esters is 4. The molecule has 0 saturated carbocycles. The van der Waals surface area contributed by atoms with E-state index in [4.69, 9.17) is 37.0 Å². The summed E-state index contributed by atoms with van der Waals surface area (Å²) in [4.78, 5) is 73.0. The molecule has 0 spiro atoms. The highest BCUT2D eigenvalue weighted by molar-refractivity contribution is 7.47. The maximum absolute atomic E-state index is 13.1. The zero-order valence-corrected chi connectivity index (χ0v) is 66.4. The van der Waals surface area contributed by atoms with Gasteiger partial charge in [-0.05, 0) is 154 Å². The molecule has 0 fully saturated rings. The first kappa shape index (κ1) is 98.7. The van der Waals surface area contributed by atoms with Gasteiger partial charge in [-0.15, -0.1) is 0 Å². The second kappa shape index (κ2) is 75.9. The van der Waals surface area contributed by atoms with Crippen LogP contribution in [0.1, 0.15) is 297 Å². The van der Waals surface area contributed by atoms with Gasteiger partial charge in [-0.2, -0.15) is 0 Å². The van der Waals surface area contributed by atoms with E-state index in [0.717, 1.165) is 186 Å². The minimum atomic E-state index is -5.00. The van der Waals surface area contributed by atoms with E-state index in [1.54, 1.807) is 0 Å². The van der Waals surface area contributed by atoms with Crippen LogP contribution < -0.4 is 0 Å². The first-order chi connectivity index (χ1) is 50.7. The highest BCUT2D eigenvalue weighted by atomic mass is 31.2. The fraction of sp³-hybridized carbons (Fsp3) is 0.647. The Labute approximate surface area is 629 Å². The average Bonchev–Trinajstić information content (AvgIpc) is 0.913. The molecular formula is C85H140O17P2. The molecular weight excluding hydrogens is 1350 g/mol. The molecule has 0 saturated heterocycles. The number of hydrogen-bond acceptors (Lipinski definition) is 15. The first-order valence-corrected chi connectivity index (χ1v) is 42.7. The summed E-state index contributed by atoms with van der Waals surface area (Å²) < 4.78 is 68.5. The van der Waals surface area contributed by atoms with Gasteiger partial charge in [0.1, 0.15) is 19.3 Å². The van der Waals surface area contributed by atoms with Crippen molar-refractivity contribution in [2.75, 3.05) is 39.6 Å². The molecule has 104 heavy (non-hydrogen) atoms. The molecule has 0 aromatic heterocycles. The van der Waals surface area contributed by atoms with Gasteiger partial charge in [-0.3, -0.25) is 37.3 Å². The Morgan fingerprint density at radius 3 is 0.875 bits per heavy atom. The molecule has 592 valence electrons. The van der Waals surface area contributed by atoms with Crippen molar-refractivity contribution in [3.63, 3.8) is 0 Å². The van der Waals surface area contributed by atoms with E-state index in [1.807, 2.05) is 18.2 Å². The number of aliphatic hydroxyl groups excluding tert-OH is 1. The van der Waals surface area contributed by atoms with Crippen LogP contribution in [0.15, 0.2) is 158 Å². The van der Waals surface area contributed by atoms with Crippen LogP contribution in [0, 0.1) is 0 Å². The van der Waals surface area contributed by atoms with E-state index in [1.165, 1.54) is 25.7 Å². The van der Waals surface area contributed by atoms with Gasteiger partial charge in [0.05, 0.1) is 26.4 Å². The summed E-state index contributed by atoms with van der Waals surface area (Å²) in [7, 11) is -9.99. The number of carbonyl (C=O) groups excluding carboxylic acids is 4. The van der Waals surface area contributed by atoms with E-state index in [0.29, 0.717) is 32.1 Å². The van der Waals surface area contributed by atoms with Crippen molar-refractivity contribution in [1.29, 1.82) is 0 Å². The molecule has 17 nitrogen and oxygen atoms in total. The molecule has 0 aliphatic carbocycles. The molecule has 0 amide bonds. The number of unbranched alkanes of at least 4 members (excludes halogenated alkanes) is 21. The summed E-state index contributed by atoms with van der Waals surface area (Å²) in [6, 6.07) is 0. The minimum Gasteiger partial charge on any atom is -0.462 e. The van der Waals surface area contributed by atoms with Gasteiger partial charge in [0.2, 0.25) is 0 Å². The van der Waals surface area contributed by atoms with E-state index in [-0.39, 0.29) is 25.7 Å². The van der Waals surface area contributed by atoms with Crippen molar-refractivity contribution in [3.05, 3.63) is 158 Å². The third-order valence-corrected chi connectivity index (χ3v) is 17.9. The fourth-order valence-corrected chi connectivity index (χ4v) is 11.6. The predicted octanol–water partition coefficient (Wildman–Crippen LogP) is 23.2. The van der Waals surface area contributed by atoms with Crippen molar-refractivity contribution in [2.24, 2.45) is 0 Å². The average molecular weight is 1500 g/mol. The van der Waals surface area contributed by atoms with E-state index >= 15 is 0 Å². The van der Waals surface area contributed by atoms with Crippen LogP contribution in [-0.2, 0) is 65.4 Å². The molecule has 3 N–H and O–H groups in total. The lowest BCUT2D eigenvalue weighted by molar-refractivity contribution is -0.161. The smallest absolute Gasteiger partial charge is 0.462 e. The van der Waals surface area contributed by atoms with Crippen LogP contribution in [0.3, 0.4) is 0 Å². The number of carbonyl (C=O) groups is 4. The zero-order valence-electron chi connectivity index (χ0n) is 64.6. The van der Waals surface area contributed by atoms with Crippen LogP contribution in [0.5, 0.6) is 0 Å². The Morgan fingerprint density at radius 2 is 0.538 bits per heavy atom. The van der Waals surface area contributed by atoms with Gasteiger partial charge in [0.25, 0.3) is 0 Å². The third-order valence-electron chi connectivity index (χ3n) is 16.0. The Kier molecular flexibility index (Phi) is 72.0. The molecule has 0 aliphatic rings. The topological polar surface area (TPSA) is 237 Å². The van der Waals surface area contributed by atoms with E-state index in [2.05, 4.69) is 167 Å². The van der Waals surface area contributed by atoms with Crippen molar-refractivity contribution in [3.8, 4) is 0 Å². The van der Waals surface area contributed by atoms with Crippen LogP contribution in [0.25, 0.3) is 0 Å². The lowest BCUT2D eigenvalue weighted by Gasteiger charge is -2.21. The number of phosphoric ester groups is 2. The zero-order chi connectivity index (χ0) is 76.0. The lowest BCUT2D eigenvalue weighted by Crippen LogP contribution is -2.30. The summed E-state index contributed by atoms with van der Waals surface area (Å²) in [5.41, 5.74) is 0. The Hall–Kier alpha value is -5.32.